The molecule has 0 fully saturated rings. The van der Waals surface area contributed by atoms with Gasteiger partial charge in [-0.15, -0.1) is 0 Å². The summed E-state index contributed by atoms with van der Waals surface area (Å²) in [6.07, 6.45) is 0.774. The van der Waals surface area contributed by atoms with Gasteiger partial charge in [-0.05, 0) is 18.9 Å². The normalized spacial score (nSPS) is 11.9. The van der Waals surface area contributed by atoms with Crippen molar-refractivity contribution in [3.05, 3.63) is 35.9 Å². The van der Waals surface area contributed by atoms with Gasteiger partial charge in [0.05, 0.1) is 0 Å². The summed E-state index contributed by atoms with van der Waals surface area (Å²) in [7, 11) is 0. The van der Waals surface area contributed by atoms with Crippen LogP contribution < -0.4 is 5.73 Å². The van der Waals surface area contributed by atoms with Crippen molar-refractivity contribution in [1.82, 2.24) is 4.90 Å². The van der Waals surface area contributed by atoms with Crippen molar-refractivity contribution >= 4 is 11.9 Å². The molecule has 104 valence electrons. The van der Waals surface area contributed by atoms with Gasteiger partial charge in [-0.1, -0.05) is 30.3 Å². The van der Waals surface area contributed by atoms with Crippen LogP contribution in [0.25, 0.3) is 0 Å². The monoisotopic (exact) mass is 264 g/mol. The minimum Gasteiger partial charge on any atom is -0.480 e. The molecule has 19 heavy (non-hydrogen) atoms. The number of nitrogens with two attached hydrogens (primary N) is 1. The molecule has 5 heteroatoms. The lowest BCUT2D eigenvalue weighted by molar-refractivity contribution is -0.144. The van der Waals surface area contributed by atoms with E-state index < -0.39 is 5.97 Å². The molecule has 0 aliphatic carbocycles. The van der Waals surface area contributed by atoms with Crippen LogP contribution in [0.15, 0.2) is 30.3 Å². The van der Waals surface area contributed by atoms with Gasteiger partial charge in [0.15, 0.2) is 0 Å². The third-order valence-electron chi connectivity index (χ3n) is 2.96. The molecule has 0 aliphatic heterocycles. The number of aliphatic carboxylic acids is 1. The second-order valence-electron chi connectivity index (χ2n) is 4.36. The van der Waals surface area contributed by atoms with Crippen LogP contribution in [0, 0.1) is 0 Å². The average molecular weight is 264 g/mol. The summed E-state index contributed by atoms with van der Waals surface area (Å²) in [6.45, 7) is 1.90. The minimum absolute atomic E-state index is 0.170. The fourth-order valence-corrected chi connectivity index (χ4v) is 1.84. The van der Waals surface area contributed by atoms with E-state index in [1.807, 2.05) is 30.3 Å². The number of amides is 1. The smallest absolute Gasteiger partial charge is 0.323 e. The number of carboxylic acid groups (broad SMARTS) is 1. The van der Waals surface area contributed by atoms with Gasteiger partial charge in [0, 0.05) is 19.0 Å². The highest BCUT2D eigenvalue weighted by Crippen LogP contribution is 2.15. The molecular formula is C14H20N2O3. The van der Waals surface area contributed by atoms with E-state index in [-0.39, 0.29) is 24.9 Å². The molecule has 0 radical (unpaired) electrons. The van der Waals surface area contributed by atoms with Crippen LogP contribution in [0.4, 0.5) is 0 Å². The standard InChI is InChI=1S/C14H20N2O3/c1-2-16(10-14(18)19)13(17)9-8-12(15)11-6-4-3-5-7-11/h3-7,12H,2,8-10,15H2,1H3,(H,18,19). The van der Waals surface area contributed by atoms with Crippen LogP contribution in [-0.2, 0) is 9.59 Å². The molecule has 0 saturated heterocycles. The summed E-state index contributed by atoms with van der Waals surface area (Å²) in [4.78, 5) is 23.8. The molecule has 5 nitrogen and oxygen atoms in total. The number of carbonyl (C=O) groups excluding carboxylic acids is 1. The van der Waals surface area contributed by atoms with Crippen molar-refractivity contribution in [3.8, 4) is 0 Å². The second-order valence-corrected chi connectivity index (χ2v) is 4.36. The first-order valence-corrected chi connectivity index (χ1v) is 6.34. The molecule has 0 bridgehead atoms. The van der Waals surface area contributed by atoms with Crippen LogP contribution in [-0.4, -0.2) is 35.0 Å². The SMILES string of the molecule is CCN(CC(=O)O)C(=O)CCC(N)c1ccccc1. The first-order chi connectivity index (χ1) is 9.04. The average Bonchev–Trinajstić information content (AvgIpc) is 2.42. The van der Waals surface area contributed by atoms with Gasteiger partial charge < -0.3 is 15.7 Å². The van der Waals surface area contributed by atoms with Gasteiger partial charge in [0.25, 0.3) is 0 Å². The number of likely N-dealkylation sites (N-methyl/N-ethyl adjacent to an activating group) is 1. The highest BCUT2D eigenvalue weighted by atomic mass is 16.4. The van der Waals surface area contributed by atoms with E-state index in [4.69, 9.17) is 10.8 Å². The molecular weight excluding hydrogens is 244 g/mol. The first-order valence-electron chi connectivity index (χ1n) is 6.34. The van der Waals surface area contributed by atoms with E-state index in [1.165, 1.54) is 4.90 Å². The Morgan fingerprint density at radius 3 is 2.47 bits per heavy atom. The van der Waals surface area contributed by atoms with Crippen molar-refractivity contribution in [2.45, 2.75) is 25.8 Å². The molecule has 0 heterocycles. The zero-order valence-electron chi connectivity index (χ0n) is 11.1. The Balaban J connectivity index is 2.47. The van der Waals surface area contributed by atoms with Gasteiger partial charge in [-0.3, -0.25) is 9.59 Å². The maximum atomic E-state index is 11.9. The van der Waals surface area contributed by atoms with Crippen LogP contribution in [0.2, 0.25) is 0 Å². The van der Waals surface area contributed by atoms with E-state index in [2.05, 4.69) is 0 Å². The lowest BCUT2D eigenvalue weighted by atomic mass is 10.0. The third-order valence-corrected chi connectivity index (χ3v) is 2.96. The predicted molar refractivity (Wildman–Crippen MR) is 72.5 cm³/mol. The Labute approximate surface area is 113 Å². The molecule has 0 saturated carbocycles. The number of carboxylic acids is 1. The van der Waals surface area contributed by atoms with E-state index in [0.717, 1.165) is 5.56 Å². The summed E-state index contributed by atoms with van der Waals surface area (Å²) in [5, 5.41) is 8.70. The largest absolute Gasteiger partial charge is 0.480 e. The van der Waals surface area contributed by atoms with E-state index in [9.17, 15) is 9.59 Å². The fraction of sp³-hybridized carbons (Fsp3) is 0.429. The van der Waals surface area contributed by atoms with E-state index in [0.29, 0.717) is 13.0 Å². The lowest BCUT2D eigenvalue weighted by Crippen LogP contribution is -2.35. The summed E-state index contributed by atoms with van der Waals surface area (Å²) in [5.74, 6) is -1.17. The summed E-state index contributed by atoms with van der Waals surface area (Å²) in [5.41, 5.74) is 6.98. The van der Waals surface area contributed by atoms with Gasteiger partial charge in [-0.25, -0.2) is 0 Å². The number of hydrogen-bond acceptors (Lipinski definition) is 3. The van der Waals surface area contributed by atoms with Crippen molar-refractivity contribution < 1.29 is 14.7 Å². The van der Waals surface area contributed by atoms with Gasteiger partial charge in [0.1, 0.15) is 6.54 Å². The van der Waals surface area contributed by atoms with Crippen LogP contribution >= 0.6 is 0 Å². The number of nitrogens with zero attached hydrogens (tertiary/aromatic N) is 1. The van der Waals surface area contributed by atoms with Crippen LogP contribution in [0.5, 0.6) is 0 Å². The van der Waals surface area contributed by atoms with Crippen LogP contribution in [0.3, 0.4) is 0 Å². The number of hydrogen-bond donors (Lipinski definition) is 2. The topological polar surface area (TPSA) is 83.6 Å². The van der Waals surface area contributed by atoms with Gasteiger partial charge >= 0.3 is 5.97 Å². The maximum absolute atomic E-state index is 11.9. The quantitative estimate of drug-likeness (QED) is 0.779. The zero-order chi connectivity index (χ0) is 14.3. The molecule has 1 rings (SSSR count). The molecule has 1 unspecified atom stereocenters. The molecule has 3 N–H and O–H groups in total. The molecule has 1 atom stereocenters. The highest BCUT2D eigenvalue weighted by molar-refractivity contribution is 5.81. The van der Waals surface area contributed by atoms with E-state index >= 15 is 0 Å². The molecule has 0 spiro atoms. The number of benzene rings is 1. The Morgan fingerprint density at radius 1 is 1.32 bits per heavy atom. The zero-order valence-corrected chi connectivity index (χ0v) is 11.1. The van der Waals surface area contributed by atoms with Crippen LogP contribution in [0.1, 0.15) is 31.4 Å². The Hall–Kier alpha value is -1.88. The van der Waals surface area contributed by atoms with Crippen molar-refractivity contribution in [2.75, 3.05) is 13.1 Å². The number of carbonyl (C=O) groups is 2. The summed E-state index contributed by atoms with van der Waals surface area (Å²) in [6, 6.07) is 9.36. The third kappa shape index (κ3) is 5.09. The maximum Gasteiger partial charge on any atom is 0.323 e. The Bertz CT molecular complexity index is 420. The van der Waals surface area contributed by atoms with Gasteiger partial charge in [0.2, 0.25) is 5.91 Å². The molecule has 1 amide bonds. The fourth-order valence-electron chi connectivity index (χ4n) is 1.84. The van der Waals surface area contributed by atoms with Crippen molar-refractivity contribution in [1.29, 1.82) is 0 Å². The minimum atomic E-state index is -0.998. The molecule has 1 aromatic carbocycles. The first kappa shape index (κ1) is 15.2. The summed E-state index contributed by atoms with van der Waals surface area (Å²) < 4.78 is 0. The van der Waals surface area contributed by atoms with E-state index in [1.54, 1.807) is 6.92 Å². The molecule has 0 aromatic heterocycles. The van der Waals surface area contributed by atoms with Gasteiger partial charge in [-0.2, -0.15) is 0 Å². The highest BCUT2D eigenvalue weighted by Gasteiger charge is 2.16. The second kappa shape index (κ2) is 7.53. The number of rotatable bonds is 7. The predicted octanol–water partition coefficient (Wildman–Crippen LogP) is 1.40. The summed E-state index contributed by atoms with van der Waals surface area (Å²) >= 11 is 0. The Morgan fingerprint density at radius 2 is 1.95 bits per heavy atom. The van der Waals surface area contributed by atoms with Crippen molar-refractivity contribution in [2.24, 2.45) is 5.73 Å². The van der Waals surface area contributed by atoms with Crippen molar-refractivity contribution in [3.63, 3.8) is 0 Å². The molecule has 1 aromatic rings. The Kier molecular flexibility index (Phi) is 6.02. The molecule has 0 aliphatic rings. The lowest BCUT2D eigenvalue weighted by Gasteiger charge is -2.19.